The van der Waals surface area contributed by atoms with Crippen LogP contribution in [0.15, 0.2) is 0 Å². The molecule has 0 heterocycles. The fourth-order valence-corrected chi connectivity index (χ4v) is 3.37. The summed E-state index contributed by atoms with van der Waals surface area (Å²) in [5.41, 5.74) is -0.691. The number of nitrogens with zero attached hydrogens (tertiary/aromatic N) is 1. The predicted octanol–water partition coefficient (Wildman–Crippen LogP) is 1.97. The van der Waals surface area contributed by atoms with Gasteiger partial charge in [-0.1, -0.05) is 13.3 Å². The molecular formula is C16H32N2O3. The summed E-state index contributed by atoms with van der Waals surface area (Å²) in [6.45, 7) is 5.60. The molecule has 0 saturated heterocycles. The third-order valence-electron chi connectivity index (χ3n) is 4.64. The molecule has 1 saturated carbocycles. The molecule has 5 nitrogen and oxygen atoms in total. The van der Waals surface area contributed by atoms with Crippen molar-refractivity contribution in [3.63, 3.8) is 0 Å². The summed E-state index contributed by atoms with van der Waals surface area (Å²) < 4.78 is 5.06. The van der Waals surface area contributed by atoms with Gasteiger partial charge < -0.3 is 20.1 Å². The van der Waals surface area contributed by atoms with E-state index in [1.807, 2.05) is 0 Å². The Morgan fingerprint density at radius 3 is 2.86 bits per heavy atom. The third-order valence-corrected chi connectivity index (χ3v) is 4.64. The van der Waals surface area contributed by atoms with Crippen molar-refractivity contribution in [1.29, 1.82) is 0 Å². The van der Waals surface area contributed by atoms with Crippen LogP contribution in [-0.2, 0) is 9.53 Å². The van der Waals surface area contributed by atoms with Gasteiger partial charge in [0.05, 0.1) is 0 Å². The molecule has 0 spiro atoms. The first-order valence-corrected chi connectivity index (χ1v) is 8.22. The Morgan fingerprint density at radius 2 is 2.24 bits per heavy atom. The van der Waals surface area contributed by atoms with Crippen molar-refractivity contribution in [2.45, 2.75) is 51.0 Å². The first-order valence-electron chi connectivity index (χ1n) is 8.22. The van der Waals surface area contributed by atoms with Crippen LogP contribution in [0.5, 0.6) is 0 Å². The van der Waals surface area contributed by atoms with E-state index in [4.69, 9.17) is 4.74 Å². The van der Waals surface area contributed by atoms with Crippen molar-refractivity contribution in [3.05, 3.63) is 0 Å². The van der Waals surface area contributed by atoms with Crippen LogP contribution in [0.1, 0.15) is 45.4 Å². The summed E-state index contributed by atoms with van der Waals surface area (Å²) in [5.74, 6) is -0.424. The van der Waals surface area contributed by atoms with E-state index in [1.54, 1.807) is 7.11 Å². The van der Waals surface area contributed by atoms with Crippen LogP contribution < -0.4 is 5.32 Å². The highest BCUT2D eigenvalue weighted by Gasteiger charge is 2.48. The van der Waals surface area contributed by atoms with Crippen LogP contribution >= 0.6 is 0 Å². The van der Waals surface area contributed by atoms with Gasteiger partial charge in [-0.05, 0) is 58.2 Å². The Morgan fingerprint density at radius 1 is 1.48 bits per heavy atom. The fourth-order valence-electron chi connectivity index (χ4n) is 3.37. The monoisotopic (exact) mass is 300 g/mol. The van der Waals surface area contributed by atoms with Crippen molar-refractivity contribution >= 4 is 5.97 Å². The second kappa shape index (κ2) is 9.38. The van der Waals surface area contributed by atoms with E-state index >= 15 is 0 Å². The lowest BCUT2D eigenvalue weighted by molar-refractivity contribution is -0.146. The molecule has 1 fully saturated rings. The Hall–Kier alpha value is -0.650. The lowest BCUT2D eigenvalue weighted by Crippen LogP contribution is -2.55. The zero-order valence-corrected chi connectivity index (χ0v) is 13.9. The molecule has 5 heteroatoms. The van der Waals surface area contributed by atoms with E-state index in [1.165, 1.54) is 0 Å². The number of aliphatic carboxylic acids is 1. The molecule has 1 rings (SSSR count). The van der Waals surface area contributed by atoms with Crippen molar-refractivity contribution in [1.82, 2.24) is 10.2 Å². The normalized spacial score (nSPS) is 25.6. The van der Waals surface area contributed by atoms with E-state index in [0.29, 0.717) is 0 Å². The van der Waals surface area contributed by atoms with Gasteiger partial charge in [0.1, 0.15) is 5.54 Å². The average molecular weight is 300 g/mol. The van der Waals surface area contributed by atoms with Gasteiger partial charge >= 0.3 is 5.97 Å². The van der Waals surface area contributed by atoms with Gasteiger partial charge in [-0.25, -0.2) is 0 Å². The first-order chi connectivity index (χ1) is 10.1. The van der Waals surface area contributed by atoms with E-state index in [2.05, 4.69) is 24.2 Å². The molecule has 21 heavy (non-hydrogen) atoms. The fraction of sp³-hybridized carbons (Fsp3) is 0.938. The number of nitrogens with one attached hydrogen (secondary N) is 1. The molecule has 0 aromatic heterocycles. The number of carboxylic acid groups (broad SMARTS) is 1. The first kappa shape index (κ1) is 18.4. The minimum absolute atomic E-state index is 0.242. The molecule has 124 valence electrons. The van der Waals surface area contributed by atoms with Crippen LogP contribution in [-0.4, -0.2) is 61.9 Å². The highest BCUT2D eigenvalue weighted by molar-refractivity contribution is 5.79. The minimum atomic E-state index is -0.691. The van der Waals surface area contributed by atoms with Gasteiger partial charge in [-0.3, -0.25) is 4.79 Å². The van der Waals surface area contributed by atoms with Gasteiger partial charge in [0.15, 0.2) is 0 Å². The van der Waals surface area contributed by atoms with Crippen molar-refractivity contribution in [2.75, 3.05) is 40.4 Å². The second-order valence-corrected chi connectivity index (χ2v) is 6.23. The number of methoxy groups -OCH3 is 1. The molecule has 2 unspecified atom stereocenters. The van der Waals surface area contributed by atoms with Crippen LogP contribution in [0.2, 0.25) is 0 Å². The molecule has 2 atom stereocenters. The van der Waals surface area contributed by atoms with Crippen molar-refractivity contribution in [3.8, 4) is 0 Å². The summed E-state index contributed by atoms with van der Waals surface area (Å²) in [6.07, 6.45) is 5.75. The van der Waals surface area contributed by atoms with Gasteiger partial charge in [-0.15, -0.1) is 0 Å². The third kappa shape index (κ3) is 5.24. The highest BCUT2D eigenvalue weighted by Crippen LogP contribution is 2.38. The standard InChI is InChI=1S/C16H32N2O3/c1-4-10-17-16(15(19)20)9-5-7-14(16)8-12-18(2)11-6-13-21-3/h14,17H,4-13H2,1-3H3,(H,19,20). The molecule has 0 radical (unpaired) electrons. The lowest BCUT2D eigenvalue weighted by Gasteiger charge is -2.33. The maximum Gasteiger partial charge on any atom is 0.324 e. The average Bonchev–Trinajstić information content (AvgIpc) is 2.87. The van der Waals surface area contributed by atoms with Crippen LogP contribution in [0, 0.1) is 5.92 Å². The predicted molar refractivity (Wildman–Crippen MR) is 84.6 cm³/mol. The second-order valence-electron chi connectivity index (χ2n) is 6.23. The van der Waals surface area contributed by atoms with Gasteiger partial charge in [0.25, 0.3) is 0 Å². The van der Waals surface area contributed by atoms with E-state index in [0.717, 1.165) is 64.8 Å². The van der Waals surface area contributed by atoms with Gasteiger partial charge in [0, 0.05) is 20.3 Å². The largest absolute Gasteiger partial charge is 0.480 e. The van der Waals surface area contributed by atoms with Gasteiger partial charge in [0.2, 0.25) is 0 Å². The summed E-state index contributed by atoms with van der Waals surface area (Å²) in [6, 6.07) is 0. The highest BCUT2D eigenvalue weighted by atomic mass is 16.5. The molecular weight excluding hydrogens is 268 g/mol. The lowest BCUT2D eigenvalue weighted by atomic mass is 9.84. The number of rotatable bonds is 11. The summed E-state index contributed by atoms with van der Waals surface area (Å²) in [4.78, 5) is 14.1. The summed E-state index contributed by atoms with van der Waals surface area (Å²) in [7, 11) is 3.83. The van der Waals surface area contributed by atoms with Gasteiger partial charge in [-0.2, -0.15) is 0 Å². The van der Waals surface area contributed by atoms with Crippen molar-refractivity contribution in [2.24, 2.45) is 5.92 Å². The maximum absolute atomic E-state index is 11.8. The van der Waals surface area contributed by atoms with E-state index in [9.17, 15) is 9.90 Å². The Labute approximate surface area is 129 Å². The molecule has 0 bridgehead atoms. The smallest absolute Gasteiger partial charge is 0.324 e. The van der Waals surface area contributed by atoms with Crippen molar-refractivity contribution < 1.29 is 14.6 Å². The number of hydrogen-bond acceptors (Lipinski definition) is 4. The molecule has 1 aliphatic carbocycles. The Balaban J connectivity index is 2.49. The molecule has 1 aliphatic rings. The van der Waals surface area contributed by atoms with E-state index < -0.39 is 11.5 Å². The quantitative estimate of drug-likeness (QED) is 0.571. The molecule has 0 aromatic rings. The molecule has 0 aromatic carbocycles. The molecule has 2 N–H and O–H groups in total. The Kier molecular flexibility index (Phi) is 8.22. The summed E-state index contributed by atoms with van der Waals surface area (Å²) in [5, 5.41) is 13.0. The zero-order chi connectivity index (χ0) is 15.7. The summed E-state index contributed by atoms with van der Waals surface area (Å²) >= 11 is 0. The number of ether oxygens (including phenoxy) is 1. The number of carbonyl (C=O) groups is 1. The van der Waals surface area contributed by atoms with Crippen LogP contribution in [0.25, 0.3) is 0 Å². The maximum atomic E-state index is 11.8. The number of hydrogen-bond donors (Lipinski definition) is 2. The molecule has 0 aliphatic heterocycles. The minimum Gasteiger partial charge on any atom is -0.480 e. The zero-order valence-electron chi connectivity index (χ0n) is 13.9. The van der Waals surface area contributed by atoms with E-state index in [-0.39, 0.29) is 5.92 Å². The molecule has 0 amide bonds. The van der Waals surface area contributed by atoms with Crippen LogP contribution in [0.4, 0.5) is 0 Å². The van der Waals surface area contributed by atoms with Crippen LogP contribution in [0.3, 0.4) is 0 Å². The topological polar surface area (TPSA) is 61.8 Å². The Bertz CT molecular complexity index is 312. The number of carboxylic acids is 1. The SMILES string of the molecule is CCCNC1(C(=O)O)CCCC1CCN(C)CCCOC.